The molecule has 1 aliphatic carbocycles. The number of nitrogens with one attached hydrogen (secondary N) is 2. The standard InChI is InChI=1S/C28H23ClN8O3/c1-40-37-14-19(21-12-20(29)5-6-24(21)36-15-31-34-35-36)10-18-8-9-28(39,26(18)37)27-30-13-23(33-27)17-3-2-16-4-7-25(38)32-22(16)11-17/h2-3,5-6,10-15,39H,4,7-9H2,1H3,(H-,30,32,33,38)/p+1. The molecule has 1 unspecified atom stereocenters. The van der Waals surface area contributed by atoms with E-state index in [4.69, 9.17) is 16.4 Å². The number of halogens is 1. The Hall–Kier alpha value is -4.61. The Morgan fingerprint density at radius 3 is 2.83 bits per heavy atom. The van der Waals surface area contributed by atoms with Crippen molar-refractivity contribution < 1.29 is 19.5 Å². The average Bonchev–Trinajstić information content (AvgIpc) is 3.74. The van der Waals surface area contributed by atoms with Crippen molar-refractivity contribution in [1.82, 2.24) is 30.2 Å². The van der Waals surface area contributed by atoms with Crippen molar-refractivity contribution >= 4 is 23.2 Å². The third-order valence-corrected chi connectivity index (χ3v) is 7.84. The molecule has 3 aromatic heterocycles. The Morgan fingerprint density at radius 1 is 1.10 bits per heavy atom. The molecule has 40 heavy (non-hydrogen) atoms. The second kappa shape index (κ2) is 9.25. The summed E-state index contributed by atoms with van der Waals surface area (Å²) in [5.74, 6) is 0.428. The molecular formula is C28H24ClN8O3+. The maximum absolute atomic E-state index is 12.0. The largest absolute Gasteiger partial charge is 0.372 e. The number of anilines is 1. The number of aryl methyl sites for hydroxylation is 2. The van der Waals surface area contributed by atoms with Gasteiger partial charge in [-0.2, -0.15) is 4.68 Å². The summed E-state index contributed by atoms with van der Waals surface area (Å²) in [5.41, 5.74) is 6.02. The van der Waals surface area contributed by atoms with Crippen molar-refractivity contribution in [3.05, 3.63) is 88.9 Å². The number of fused-ring (bicyclic) bond motifs is 2. The summed E-state index contributed by atoms with van der Waals surface area (Å²) in [7, 11) is 1.55. The van der Waals surface area contributed by atoms with Gasteiger partial charge in [0.2, 0.25) is 17.7 Å². The van der Waals surface area contributed by atoms with Gasteiger partial charge in [0.1, 0.15) is 19.3 Å². The predicted molar refractivity (Wildman–Crippen MR) is 145 cm³/mol. The Bertz CT molecular complexity index is 1780. The minimum Gasteiger partial charge on any atom is -0.372 e. The number of aliphatic hydroxyl groups is 1. The molecule has 2 aromatic carbocycles. The minimum absolute atomic E-state index is 0.0122. The van der Waals surface area contributed by atoms with Crippen LogP contribution in [0.1, 0.15) is 35.5 Å². The molecule has 3 N–H and O–H groups in total. The van der Waals surface area contributed by atoms with Crippen molar-refractivity contribution in [1.29, 1.82) is 0 Å². The summed E-state index contributed by atoms with van der Waals surface area (Å²) in [6.07, 6.45) is 7.26. The van der Waals surface area contributed by atoms with Crippen LogP contribution in [0.15, 0.2) is 61.2 Å². The van der Waals surface area contributed by atoms with Crippen molar-refractivity contribution in [3.8, 4) is 28.1 Å². The SMILES string of the molecule is CO[n+]1cc(-c2cc(Cl)ccc2-n2cnnn2)cc2c1C(O)(c1ncc(-c3ccc4c(c3)NC(=O)CC4)[nH]1)CC2. The van der Waals surface area contributed by atoms with E-state index in [0.717, 1.165) is 51.3 Å². The van der Waals surface area contributed by atoms with Gasteiger partial charge in [0, 0.05) is 38.6 Å². The second-order valence-electron chi connectivity index (χ2n) is 9.95. The van der Waals surface area contributed by atoms with Crippen molar-refractivity contribution in [2.24, 2.45) is 0 Å². The predicted octanol–water partition coefficient (Wildman–Crippen LogP) is 2.79. The number of tetrazole rings is 1. The third-order valence-electron chi connectivity index (χ3n) is 7.60. The summed E-state index contributed by atoms with van der Waals surface area (Å²) in [6.45, 7) is 0. The van der Waals surface area contributed by atoms with Gasteiger partial charge in [0.05, 0.1) is 23.1 Å². The van der Waals surface area contributed by atoms with Crippen molar-refractivity contribution in [2.75, 3.05) is 12.4 Å². The van der Waals surface area contributed by atoms with Gasteiger partial charge >= 0.3 is 0 Å². The number of hydrogen-bond donors (Lipinski definition) is 3. The van der Waals surface area contributed by atoms with Gasteiger partial charge in [-0.25, -0.2) is 4.98 Å². The maximum Gasteiger partial charge on any atom is 0.276 e. The van der Waals surface area contributed by atoms with Crippen LogP contribution in [0.3, 0.4) is 0 Å². The number of hydrogen-bond acceptors (Lipinski definition) is 7. The first-order valence-corrected chi connectivity index (χ1v) is 13.2. The highest BCUT2D eigenvalue weighted by atomic mass is 35.5. The zero-order valence-corrected chi connectivity index (χ0v) is 22.2. The molecular weight excluding hydrogens is 532 g/mol. The van der Waals surface area contributed by atoms with Crippen LogP contribution in [0.5, 0.6) is 0 Å². The molecule has 2 aliphatic rings. The van der Waals surface area contributed by atoms with Crippen molar-refractivity contribution in [2.45, 2.75) is 31.3 Å². The van der Waals surface area contributed by atoms with E-state index in [-0.39, 0.29) is 5.91 Å². The van der Waals surface area contributed by atoms with E-state index in [1.54, 1.807) is 28.8 Å². The summed E-state index contributed by atoms with van der Waals surface area (Å²) in [5, 5.41) is 27.1. The van der Waals surface area contributed by atoms with Crippen LogP contribution in [0, 0.1) is 0 Å². The molecule has 5 aromatic rings. The molecule has 0 fully saturated rings. The molecule has 0 spiro atoms. The number of pyridine rings is 1. The minimum atomic E-state index is -1.41. The van der Waals surface area contributed by atoms with E-state index in [2.05, 4.69) is 30.8 Å². The molecule has 0 saturated heterocycles. The van der Waals surface area contributed by atoms with Gasteiger partial charge in [-0.3, -0.25) is 9.63 Å². The van der Waals surface area contributed by atoms with Crippen LogP contribution in [0.4, 0.5) is 5.69 Å². The Balaban J connectivity index is 1.28. The monoisotopic (exact) mass is 555 g/mol. The van der Waals surface area contributed by atoms with E-state index in [1.165, 1.54) is 6.33 Å². The number of aromatic nitrogens is 7. The summed E-state index contributed by atoms with van der Waals surface area (Å²) < 4.78 is 3.15. The average molecular weight is 556 g/mol. The third kappa shape index (κ3) is 3.93. The topological polar surface area (TPSA) is 135 Å². The summed E-state index contributed by atoms with van der Waals surface area (Å²) in [4.78, 5) is 25.5. The Labute approximate surface area is 233 Å². The number of amides is 1. The number of carbonyl (C=O) groups excluding carboxylic acids is 1. The highest BCUT2D eigenvalue weighted by Gasteiger charge is 2.50. The molecule has 200 valence electrons. The number of benzene rings is 2. The molecule has 0 radical (unpaired) electrons. The maximum atomic E-state index is 12.0. The van der Waals surface area contributed by atoms with Gasteiger partial charge in [-0.1, -0.05) is 23.7 Å². The van der Waals surface area contributed by atoms with Gasteiger partial charge in [0.25, 0.3) is 5.69 Å². The molecule has 4 heterocycles. The highest BCUT2D eigenvalue weighted by Crippen LogP contribution is 2.41. The number of nitrogens with zero attached hydrogens (tertiary/aromatic N) is 6. The fraction of sp³-hybridized carbons (Fsp3) is 0.214. The smallest absolute Gasteiger partial charge is 0.276 e. The molecule has 1 aliphatic heterocycles. The quantitative estimate of drug-likeness (QED) is 0.284. The first-order chi connectivity index (χ1) is 19.4. The molecule has 1 amide bonds. The van der Waals surface area contributed by atoms with Crippen LogP contribution < -0.4 is 14.9 Å². The Morgan fingerprint density at radius 2 is 2.00 bits per heavy atom. The number of imidazole rings is 1. The fourth-order valence-electron chi connectivity index (χ4n) is 5.65. The van der Waals surface area contributed by atoms with Crippen molar-refractivity contribution in [3.63, 3.8) is 0 Å². The zero-order chi connectivity index (χ0) is 27.4. The van der Waals surface area contributed by atoms with Gasteiger partial charge in [-0.05, 0) is 65.6 Å². The zero-order valence-electron chi connectivity index (χ0n) is 21.4. The van der Waals surface area contributed by atoms with Crippen LogP contribution in [0.2, 0.25) is 5.02 Å². The normalized spacial score (nSPS) is 17.8. The molecule has 11 nitrogen and oxygen atoms in total. The lowest BCUT2D eigenvalue weighted by atomic mass is 9.98. The van der Waals surface area contributed by atoms with Crippen LogP contribution >= 0.6 is 11.6 Å². The lowest BCUT2D eigenvalue weighted by Gasteiger charge is -2.18. The van der Waals surface area contributed by atoms with Gasteiger partial charge in [-0.15, -0.1) is 5.10 Å². The van der Waals surface area contributed by atoms with E-state index < -0.39 is 5.60 Å². The van der Waals surface area contributed by atoms with E-state index >= 15 is 0 Å². The van der Waals surface area contributed by atoms with Crippen LogP contribution in [-0.4, -0.2) is 48.3 Å². The highest BCUT2D eigenvalue weighted by molar-refractivity contribution is 6.31. The summed E-state index contributed by atoms with van der Waals surface area (Å²) in [6, 6.07) is 13.5. The number of aromatic amines is 1. The van der Waals surface area contributed by atoms with E-state index in [1.807, 2.05) is 42.6 Å². The fourth-order valence-corrected chi connectivity index (χ4v) is 5.82. The second-order valence-corrected chi connectivity index (χ2v) is 10.4. The first-order valence-electron chi connectivity index (χ1n) is 12.8. The summed E-state index contributed by atoms with van der Waals surface area (Å²) >= 11 is 6.37. The number of carbonyl (C=O) groups is 1. The first kappa shape index (κ1) is 24.4. The van der Waals surface area contributed by atoms with E-state index in [9.17, 15) is 9.90 Å². The number of rotatable bonds is 5. The van der Waals surface area contributed by atoms with Crippen LogP contribution in [0.25, 0.3) is 28.1 Å². The molecule has 0 saturated carbocycles. The number of H-pyrrole nitrogens is 1. The lowest BCUT2D eigenvalue weighted by molar-refractivity contribution is -0.893. The lowest BCUT2D eigenvalue weighted by Crippen LogP contribution is -2.50. The van der Waals surface area contributed by atoms with Gasteiger partial charge < -0.3 is 15.4 Å². The van der Waals surface area contributed by atoms with Gasteiger partial charge in [0.15, 0.2) is 0 Å². The molecule has 0 bridgehead atoms. The Kier molecular flexibility index (Phi) is 5.65. The molecule has 1 atom stereocenters. The van der Waals surface area contributed by atoms with E-state index in [0.29, 0.717) is 35.8 Å². The molecule has 12 heteroatoms. The van der Waals surface area contributed by atoms with Crippen LogP contribution in [-0.2, 0) is 23.2 Å². The molecule has 7 rings (SSSR count).